The summed E-state index contributed by atoms with van der Waals surface area (Å²) < 4.78 is 50.8. The van der Waals surface area contributed by atoms with Crippen LogP contribution in [0.2, 0.25) is 0 Å². The van der Waals surface area contributed by atoms with E-state index in [1.807, 2.05) is 0 Å². The molecular weight excluding hydrogens is 511 g/mol. The van der Waals surface area contributed by atoms with Gasteiger partial charge in [0.25, 0.3) is 11.8 Å². The van der Waals surface area contributed by atoms with Crippen LogP contribution >= 0.6 is 0 Å². The number of rotatable bonds is 8. The van der Waals surface area contributed by atoms with Gasteiger partial charge in [0.05, 0.1) is 34.2 Å². The van der Waals surface area contributed by atoms with E-state index in [0.717, 1.165) is 18.6 Å². The molecule has 38 heavy (non-hydrogen) atoms. The predicted molar refractivity (Wildman–Crippen MR) is 139 cm³/mol. The highest BCUT2D eigenvalue weighted by atomic mass is 32.2. The fourth-order valence-corrected chi connectivity index (χ4v) is 5.07. The van der Waals surface area contributed by atoms with Crippen LogP contribution in [0.5, 0.6) is 0 Å². The first-order valence-corrected chi connectivity index (χ1v) is 13.7. The van der Waals surface area contributed by atoms with Crippen molar-refractivity contribution in [2.45, 2.75) is 43.0 Å². The molecule has 0 saturated carbocycles. The van der Waals surface area contributed by atoms with Crippen LogP contribution in [0.4, 0.5) is 10.2 Å². The van der Waals surface area contributed by atoms with Crippen LogP contribution in [0, 0.1) is 5.82 Å². The van der Waals surface area contributed by atoms with Crippen molar-refractivity contribution >= 4 is 15.7 Å². The molecule has 0 bridgehead atoms. The summed E-state index contributed by atoms with van der Waals surface area (Å²) in [5.74, 6) is -0.472. The summed E-state index contributed by atoms with van der Waals surface area (Å²) in [5, 5.41) is 10.8. The average molecular weight is 539 g/mol. The number of halogens is 1. The average Bonchev–Trinajstić information content (AvgIpc) is 3.60. The molecule has 10 nitrogen and oxygen atoms in total. The van der Waals surface area contributed by atoms with Gasteiger partial charge in [-0.3, -0.25) is 0 Å². The molecule has 4 aromatic rings. The zero-order valence-corrected chi connectivity index (χ0v) is 21.7. The number of benzene rings is 2. The van der Waals surface area contributed by atoms with E-state index < -0.39 is 20.9 Å². The molecule has 1 atom stereocenters. The van der Waals surface area contributed by atoms with Crippen molar-refractivity contribution in [2.75, 3.05) is 18.9 Å². The molecule has 1 saturated heterocycles. The van der Waals surface area contributed by atoms with Crippen molar-refractivity contribution in [1.82, 2.24) is 25.5 Å². The SMILES string of the molecule is CC(C)S(=O)(=O)c1ccc(-c2cnc(N)c(-c3nnc(-c4ccc(CNC5CCOC5)cc4F)o3)n2)cc1. The maximum absolute atomic E-state index is 14.9. The van der Waals surface area contributed by atoms with E-state index in [2.05, 4.69) is 25.5 Å². The van der Waals surface area contributed by atoms with Gasteiger partial charge in [-0.05, 0) is 50.1 Å². The van der Waals surface area contributed by atoms with Crippen LogP contribution < -0.4 is 11.1 Å². The lowest BCUT2D eigenvalue weighted by atomic mass is 10.1. The lowest BCUT2D eigenvalue weighted by molar-refractivity contribution is 0.190. The van der Waals surface area contributed by atoms with Gasteiger partial charge in [-0.25, -0.2) is 22.8 Å². The van der Waals surface area contributed by atoms with E-state index in [1.165, 1.54) is 24.4 Å². The topological polar surface area (TPSA) is 146 Å². The van der Waals surface area contributed by atoms with Crippen LogP contribution in [0.1, 0.15) is 25.8 Å². The standard InChI is InChI=1S/C26H27FN6O4S/c1-15(2)38(34,35)19-6-4-17(5-7-19)22-13-30-24(28)23(31-22)26-33-32-25(37-26)20-8-3-16(11-21(20)27)12-29-18-9-10-36-14-18/h3-8,11,13,15,18,29H,9-10,12,14H2,1-2H3,(H2,28,30). The van der Waals surface area contributed by atoms with Gasteiger partial charge in [0.2, 0.25) is 0 Å². The Morgan fingerprint density at radius 3 is 2.58 bits per heavy atom. The summed E-state index contributed by atoms with van der Waals surface area (Å²) in [5.41, 5.74) is 8.16. The first-order chi connectivity index (χ1) is 18.2. The van der Waals surface area contributed by atoms with Gasteiger partial charge < -0.3 is 20.2 Å². The molecule has 12 heteroatoms. The number of nitrogens with one attached hydrogen (secondary N) is 1. The zero-order chi connectivity index (χ0) is 26.9. The normalized spacial score (nSPS) is 15.8. The fourth-order valence-electron chi connectivity index (χ4n) is 4.01. The Morgan fingerprint density at radius 1 is 1.13 bits per heavy atom. The molecule has 0 aliphatic carbocycles. The highest BCUT2D eigenvalue weighted by Crippen LogP contribution is 2.30. The van der Waals surface area contributed by atoms with Crippen LogP contribution in [-0.4, -0.2) is 53.1 Å². The van der Waals surface area contributed by atoms with E-state index in [0.29, 0.717) is 24.4 Å². The second-order valence-corrected chi connectivity index (χ2v) is 11.8. The summed E-state index contributed by atoms with van der Waals surface area (Å²) in [6.07, 6.45) is 2.40. The molecule has 0 amide bonds. The van der Waals surface area contributed by atoms with Gasteiger partial charge in [-0.2, -0.15) is 0 Å². The van der Waals surface area contributed by atoms with Gasteiger partial charge in [0, 0.05) is 24.8 Å². The molecule has 2 aromatic carbocycles. The molecule has 1 aliphatic rings. The van der Waals surface area contributed by atoms with Crippen molar-refractivity contribution < 1.29 is 22.0 Å². The Balaban J connectivity index is 1.37. The van der Waals surface area contributed by atoms with E-state index in [4.69, 9.17) is 14.9 Å². The molecule has 3 N–H and O–H groups in total. The molecule has 198 valence electrons. The summed E-state index contributed by atoms with van der Waals surface area (Å²) in [6, 6.07) is 11.4. The molecule has 1 unspecified atom stereocenters. The Hall–Kier alpha value is -3.74. The Labute approximate surface area is 219 Å². The van der Waals surface area contributed by atoms with Crippen LogP contribution in [0.3, 0.4) is 0 Å². The minimum Gasteiger partial charge on any atom is -0.414 e. The third kappa shape index (κ3) is 5.28. The van der Waals surface area contributed by atoms with E-state index in [-0.39, 0.29) is 39.8 Å². The number of sulfone groups is 1. The molecule has 1 aliphatic heterocycles. The molecular formula is C26H27FN6O4S. The molecule has 3 heterocycles. The van der Waals surface area contributed by atoms with Gasteiger partial charge in [-0.1, -0.05) is 18.2 Å². The third-order valence-corrected chi connectivity index (χ3v) is 8.49. The van der Waals surface area contributed by atoms with E-state index in [9.17, 15) is 12.8 Å². The minimum atomic E-state index is -3.40. The number of ether oxygens (including phenoxy) is 1. The van der Waals surface area contributed by atoms with E-state index in [1.54, 1.807) is 38.1 Å². The fraction of sp³-hybridized carbons (Fsp3) is 0.308. The highest BCUT2D eigenvalue weighted by Gasteiger charge is 2.21. The van der Waals surface area contributed by atoms with Crippen LogP contribution in [0.15, 0.2) is 58.0 Å². The summed E-state index contributed by atoms with van der Waals surface area (Å²) >= 11 is 0. The van der Waals surface area contributed by atoms with Gasteiger partial charge in [0.1, 0.15) is 5.82 Å². The molecule has 5 rings (SSSR count). The lowest BCUT2D eigenvalue weighted by Crippen LogP contribution is -2.28. The second kappa shape index (κ2) is 10.6. The largest absolute Gasteiger partial charge is 0.414 e. The summed E-state index contributed by atoms with van der Waals surface area (Å²) in [6.45, 7) is 5.17. The van der Waals surface area contributed by atoms with Crippen molar-refractivity contribution in [3.63, 3.8) is 0 Å². The lowest BCUT2D eigenvalue weighted by Gasteiger charge is -2.10. The van der Waals surface area contributed by atoms with E-state index >= 15 is 0 Å². The predicted octanol–water partition coefficient (Wildman–Crippen LogP) is 3.64. The summed E-state index contributed by atoms with van der Waals surface area (Å²) in [4.78, 5) is 8.89. The van der Waals surface area contributed by atoms with Crippen molar-refractivity contribution in [3.05, 3.63) is 60.0 Å². The maximum atomic E-state index is 14.9. The summed E-state index contributed by atoms with van der Waals surface area (Å²) in [7, 11) is -3.40. The maximum Gasteiger partial charge on any atom is 0.270 e. The highest BCUT2D eigenvalue weighted by molar-refractivity contribution is 7.92. The zero-order valence-electron chi connectivity index (χ0n) is 20.9. The Kier molecular flexibility index (Phi) is 7.19. The van der Waals surface area contributed by atoms with Gasteiger partial charge in [0.15, 0.2) is 21.3 Å². The van der Waals surface area contributed by atoms with Crippen LogP contribution in [-0.2, 0) is 21.1 Å². The number of hydrogen-bond acceptors (Lipinski definition) is 10. The number of nitrogens with zero attached hydrogens (tertiary/aromatic N) is 4. The third-order valence-electron chi connectivity index (χ3n) is 6.32. The van der Waals surface area contributed by atoms with Crippen molar-refractivity contribution in [1.29, 1.82) is 0 Å². The Bertz CT molecular complexity index is 1550. The number of nitrogen functional groups attached to an aromatic ring is 1. The quantitative estimate of drug-likeness (QED) is 0.341. The second-order valence-electron chi connectivity index (χ2n) is 9.28. The first kappa shape index (κ1) is 25.9. The van der Waals surface area contributed by atoms with Crippen molar-refractivity contribution in [3.8, 4) is 34.3 Å². The molecule has 0 spiro atoms. The van der Waals surface area contributed by atoms with Crippen LogP contribution in [0.25, 0.3) is 34.3 Å². The smallest absolute Gasteiger partial charge is 0.270 e. The number of hydrogen-bond donors (Lipinski definition) is 2. The molecule has 2 aromatic heterocycles. The molecule has 1 fully saturated rings. The molecule has 0 radical (unpaired) electrons. The monoisotopic (exact) mass is 538 g/mol. The number of anilines is 1. The van der Waals surface area contributed by atoms with Crippen molar-refractivity contribution in [2.24, 2.45) is 0 Å². The Morgan fingerprint density at radius 2 is 1.89 bits per heavy atom. The van der Waals surface area contributed by atoms with Gasteiger partial charge >= 0.3 is 0 Å². The minimum absolute atomic E-state index is 0.0165. The van der Waals surface area contributed by atoms with Gasteiger partial charge in [-0.15, -0.1) is 10.2 Å². The number of nitrogens with two attached hydrogens (primary N) is 1. The number of aromatic nitrogens is 4. The first-order valence-electron chi connectivity index (χ1n) is 12.1.